The predicted molar refractivity (Wildman–Crippen MR) is 139 cm³/mol. The van der Waals surface area contributed by atoms with Gasteiger partial charge in [0.2, 0.25) is 0 Å². The van der Waals surface area contributed by atoms with E-state index in [4.69, 9.17) is 9.47 Å². The van der Waals surface area contributed by atoms with Crippen LogP contribution in [0.15, 0.2) is 97.1 Å². The first-order valence-corrected chi connectivity index (χ1v) is 11.7. The number of hydrogen-bond donors (Lipinski definition) is 1. The van der Waals surface area contributed by atoms with E-state index in [2.05, 4.69) is 11.4 Å². The lowest BCUT2D eigenvalue weighted by Gasteiger charge is -2.30. The Hall–Kier alpha value is -5.09. The summed E-state index contributed by atoms with van der Waals surface area (Å²) in [7, 11) is 0. The van der Waals surface area contributed by atoms with Gasteiger partial charge in [-0.2, -0.15) is 5.26 Å². The molecule has 1 heterocycles. The summed E-state index contributed by atoms with van der Waals surface area (Å²) < 4.78 is 11.4. The molecule has 0 aliphatic carbocycles. The van der Waals surface area contributed by atoms with Crippen molar-refractivity contribution in [2.75, 3.05) is 16.8 Å². The molecule has 4 aromatic rings. The zero-order valence-corrected chi connectivity index (χ0v) is 19.9. The SMILES string of the molecule is N#Cc1ccccc1CN1C(=O)COc2cc(C(=O)Nc3ccc(OCc4ccccc4)cc3)ccc21. The second-order valence-corrected chi connectivity index (χ2v) is 8.47. The van der Waals surface area contributed by atoms with E-state index in [9.17, 15) is 14.9 Å². The molecule has 7 heteroatoms. The van der Waals surface area contributed by atoms with Gasteiger partial charge >= 0.3 is 0 Å². The van der Waals surface area contributed by atoms with Crippen LogP contribution in [0.1, 0.15) is 27.0 Å². The molecule has 2 amide bonds. The molecule has 0 radical (unpaired) electrons. The quantitative estimate of drug-likeness (QED) is 0.380. The number of fused-ring (bicyclic) bond motifs is 1. The average Bonchev–Trinajstić information content (AvgIpc) is 2.94. The lowest BCUT2D eigenvalue weighted by molar-refractivity contribution is -0.121. The second-order valence-electron chi connectivity index (χ2n) is 8.47. The van der Waals surface area contributed by atoms with Crippen molar-refractivity contribution in [3.8, 4) is 17.6 Å². The third-order valence-corrected chi connectivity index (χ3v) is 5.99. The number of ether oxygens (including phenoxy) is 2. The van der Waals surface area contributed by atoms with Crippen LogP contribution in [0, 0.1) is 11.3 Å². The Balaban J connectivity index is 1.26. The van der Waals surface area contributed by atoms with Crippen LogP contribution in [0.25, 0.3) is 0 Å². The molecule has 182 valence electrons. The molecule has 7 nitrogen and oxygen atoms in total. The van der Waals surface area contributed by atoms with E-state index in [1.807, 2.05) is 42.5 Å². The van der Waals surface area contributed by atoms with Crippen molar-refractivity contribution in [1.29, 1.82) is 5.26 Å². The summed E-state index contributed by atoms with van der Waals surface area (Å²) in [5.74, 6) is 0.618. The van der Waals surface area contributed by atoms with Crippen LogP contribution in [0.5, 0.6) is 11.5 Å². The summed E-state index contributed by atoms with van der Waals surface area (Å²) in [5.41, 5.74) is 3.90. The summed E-state index contributed by atoms with van der Waals surface area (Å²) in [6, 6.07) is 31.3. The third kappa shape index (κ3) is 5.44. The van der Waals surface area contributed by atoms with Gasteiger partial charge in [0.1, 0.15) is 18.1 Å². The van der Waals surface area contributed by atoms with Gasteiger partial charge in [0.05, 0.1) is 23.9 Å². The van der Waals surface area contributed by atoms with Gasteiger partial charge in [0, 0.05) is 11.3 Å². The molecule has 4 aromatic carbocycles. The second kappa shape index (κ2) is 10.7. The molecule has 0 saturated heterocycles. The maximum Gasteiger partial charge on any atom is 0.265 e. The highest BCUT2D eigenvalue weighted by Gasteiger charge is 2.27. The average molecular weight is 490 g/mol. The van der Waals surface area contributed by atoms with Crippen molar-refractivity contribution in [1.82, 2.24) is 0 Å². The minimum absolute atomic E-state index is 0.142. The predicted octanol–water partition coefficient (Wildman–Crippen LogP) is 5.32. The molecule has 1 aliphatic heterocycles. The Kier molecular flexibility index (Phi) is 6.82. The first kappa shape index (κ1) is 23.6. The summed E-state index contributed by atoms with van der Waals surface area (Å²) in [6.45, 7) is 0.559. The Labute approximate surface area is 214 Å². The molecule has 0 fully saturated rings. The number of nitrogens with zero attached hydrogens (tertiary/aromatic N) is 2. The first-order valence-electron chi connectivity index (χ1n) is 11.7. The van der Waals surface area contributed by atoms with Crippen molar-refractivity contribution in [2.45, 2.75) is 13.2 Å². The number of nitriles is 1. The number of amides is 2. The van der Waals surface area contributed by atoms with Gasteiger partial charge in [-0.1, -0.05) is 48.5 Å². The monoisotopic (exact) mass is 489 g/mol. The summed E-state index contributed by atoms with van der Waals surface area (Å²) >= 11 is 0. The topological polar surface area (TPSA) is 91.7 Å². The van der Waals surface area contributed by atoms with Gasteiger partial charge in [0.25, 0.3) is 11.8 Å². The van der Waals surface area contributed by atoms with Gasteiger partial charge in [-0.05, 0) is 59.7 Å². The van der Waals surface area contributed by atoms with Crippen LogP contribution < -0.4 is 19.7 Å². The van der Waals surface area contributed by atoms with E-state index in [1.54, 1.807) is 59.5 Å². The smallest absolute Gasteiger partial charge is 0.265 e. The van der Waals surface area contributed by atoms with Crippen molar-refractivity contribution < 1.29 is 19.1 Å². The minimum Gasteiger partial charge on any atom is -0.489 e. The molecule has 0 unspecified atom stereocenters. The van der Waals surface area contributed by atoms with Gasteiger partial charge in [0.15, 0.2) is 6.61 Å². The van der Waals surface area contributed by atoms with Gasteiger partial charge < -0.3 is 19.7 Å². The van der Waals surface area contributed by atoms with Crippen molar-refractivity contribution in [3.05, 3.63) is 119 Å². The summed E-state index contributed by atoms with van der Waals surface area (Å²) in [4.78, 5) is 27.1. The van der Waals surface area contributed by atoms with Crippen LogP contribution in [0.2, 0.25) is 0 Å². The van der Waals surface area contributed by atoms with E-state index in [-0.39, 0.29) is 25.0 Å². The minimum atomic E-state index is -0.303. The molecule has 0 spiro atoms. The van der Waals surface area contributed by atoms with E-state index in [1.165, 1.54) is 0 Å². The van der Waals surface area contributed by atoms with Gasteiger partial charge in [-0.15, -0.1) is 0 Å². The number of nitrogens with one attached hydrogen (secondary N) is 1. The number of benzene rings is 4. The Bertz CT molecular complexity index is 1480. The highest BCUT2D eigenvalue weighted by atomic mass is 16.5. The van der Waals surface area contributed by atoms with Crippen molar-refractivity contribution >= 4 is 23.2 Å². The number of hydrogen-bond acceptors (Lipinski definition) is 5. The van der Waals surface area contributed by atoms with E-state index in [0.29, 0.717) is 40.6 Å². The molecular weight excluding hydrogens is 466 g/mol. The van der Waals surface area contributed by atoms with E-state index in [0.717, 1.165) is 11.1 Å². The fourth-order valence-corrected chi connectivity index (χ4v) is 4.04. The van der Waals surface area contributed by atoms with E-state index < -0.39 is 0 Å². The summed E-state index contributed by atoms with van der Waals surface area (Å²) in [6.07, 6.45) is 0. The Morgan fingerprint density at radius 2 is 1.73 bits per heavy atom. The highest BCUT2D eigenvalue weighted by Crippen LogP contribution is 2.34. The van der Waals surface area contributed by atoms with Crippen LogP contribution in [-0.4, -0.2) is 18.4 Å². The van der Waals surface area contributed by atoms with E-state index >= 15 is 0 Å². The molecule has 37 heavy (non-hydrogen) atoms. The standard InChI is InChI=1S/C30H23N3O4/c31-17-23-8-4-5-9-24(23)18-33-27-15-10-22(16-28(27)37-20-29(33)34)30(35)32-25-11-13-26(14-12-25)36-19-21-6-2-1-3-7-21/h1-16H,18-20H2,(H,32,35). The molecular formula is C30H23N3O4. The normalized spacial score (nSPS) is 12.2. The molecule has 0 atom stereocenters. The summed E-state index contributed by atoms with van der Waals surface area (Å²) in [5, 5.41) is 12.3. The molecule has 0 bridgehead atoms. The molecule has 1 N–H and O–H groups in total. The number of anilines is 2. The molecule has 5 rings (SSSR count). The number of rotatable bonds is 7. The van der Waals surface area contributed by atoms with Crippen molar-refractivity contribution in [3.63, 3.8) is 0 Å². The third-order valence-electron chi connectivity index (χ3n) is 5.99. The number of carbonyl (C=O) groups is 2. The van der Waals surface area contributed by atoms with Crippen LogP contribution in [0.4, 0.5) is 11.4 Å². The van der Waals surface area contributed by atoms with Crippen LogP contribution in [0.3, 0.4) is 0 Å². The Morgan fingerprint density at radius 1 is 0.973 bits per heavy atom. The van der Waals surface area contributed by atoms with Crippen molar-refractivity contribution in [2.24, 2.45) is 0 Å². The van der Waals surface area contributed by atoms with Crippen LogP contribution in [-0.2, 0) is 17.9 Å². The molecule has 1 aliphatic rings. The highest BCUT2D eigenvalue weighted by molar-refractivity contribution is 6.06. The molecule has 0 saturated carbocycles. The first-order chi connectivity index (χ1) is 18.1. The molecule has 0 aromatic heterocycles. The Morgan fingerprint density at radius 3 is 2.51 bits per heavy atom. The fraction of sp³-hybridized carbons (Fsp3) is 0.100. The largest absolute Gasteiger partial charge is 0.489 e. The van der Waals surface area contributed by atoms with Gasteiger partial charge in [-0.25, -0.2) is 0 Å². The maximum absolute atomic E-state index is 12.9. The maximum atomic E-state index is 12.9. The zero-order valence-electron chi connectivity index (χ0n) is 19.9. The fourth-order valence-electron chi connectivity index (χ4n) is 4.04. The lowest BCUT2D eigenvalue weighted by atomic mass is 10.1. The van der Waals surface area contributed by atoms with Gasteiger partial charge in [-0.3, -0.25) is 9.59 Å². The lowest BCUT2D eigenvalue weighted by Crippen LogP contribution is -2.38. The zero-order chi connectivity index (χ0) is 25.6. The van der Waals surface area contributed by atoms with Crippen LogP contribution >= 0.6 is 0 Å². The number of carbonyl (C=O) groups excluding carboxylic acids is 2.